The molecule has 0 spiro atoms. The molecule has 0 aromatic rings. The molecule has 6 nitrogen and oxygen atoms in total. The van der Waals surface area contributed by atoms with Crippen molar-refractivity contribution < 1.29 is 18.9 Å². The van der Waals surface area contributed by atoms with Crippen molar-refractivity contribution in [1.82, 2.24) is 10.6 Å². The fourth-order valence-corrected chi connectivity index (χ4v) is 3.22. The van der Waals surface area contributed by atoms with E-state index in [9.17, 15) is 18.9 Å². The number of carbonyl (C=O) groups is 2. The summed E-state index contributed by atoms with van der Waals surface area (Å²) in [6.07, 6.45) is 5.13. The van der Waals surface area contributed by atoms with E-state index in [-0.39, 0.29) is 12.6 Å². The fourth-order valence-electron chi connectivity index (χ4n) is 2.61. The summed E-state index contributed by atoms with van der Waals surface area (Å²) in [4.78, 5) is 23.3. The van der Waals surface area contributed by atoms with E-state index in [0.29, 0.717) is 30.9 Å². The molecule has 1 saturated carbocycles. The van der Waals surface area contributed by atoms with E-state index in [4.69, 9.17) is 0 Å². The first-order chi connectivity index (χ1) is 10.00. The summed E-state index contributed by atoms with van der Waals surface area (Å²) in [5, 5.41) is 14.8. The van der Waals surface area contributed by atoms with Crippen molar-refractivity contribution >= 4 is 22.8 Å². The molecule has 21 heavy (non-hydrogen) atoms. The molecule has 3 N–H and O–H groups in total. The number of urea groups is 1. The molecule has 0 radical (unpaired) electrons. The Balaban J connectivity index is 2.40. The quantitative estimate of drug-likeness (QED) is 0.620. The van der Waals surface area contributed by atoms with E-state index in [0.717, 1.165) is 25.7 Å². The Bertz CT molecular complexity index is 379. The van der Waals surface area contributed by atoms with Crippen LogP contribution in [0.1, 0.15) is 45.4 Å². The van der Waals surface area contributed by atoms with Crippen molar-refractivity contribution in [2.45, 2.75) is 45.4 Å². The number of carboxylic acids is 1. The van der Waals surface area contributed by atoms with Gasteiger partial charge in [0.2, 0.25) is 0 Å². The number of carboxylic acid groups (broad SMARTS) is 1. The molecule has 0 aromatic carbocycles. The second kappa shape index (κ2) is 9.02. The summed E-state index contributed by atoms with van der Waals surface area (Å²) in [5.74, 6) is 0.177. The predicted octanol–water partition coefficient (Wildman–Crippen LogP) is 1.48. The van der Waals surface area contributed by atoms with Crippen LogP contribution in [0.15, 0.2) is 0 Å². The Morgan fingerprint density at radius 3 is 2.29 bits per heavy atom. The minimum Gasteiger partial charge on any atom is -0.481 e. The molecule has 1 aliphatic carbocycles. The highest BCUT2D eigenvalue weighted by molar-refractivity contribution is 7.84. The van der Waals surface area contributed by atoms with Gasteiger partial charge in [0.1, 0.15) is 0 Å². The van der Waals surface area contributed by atoms with Crippen LogP contribution in [0, 0.1) is 5.41 Å². The third-order valence-electron chi connectivity index (χ3n) is 4.04. The van der Waals surface area contributed by atoms with Gasteiger partial charge in [-0.15, -0.1) is 0 Å². The summed E-state index contributed by atoms with van der Waals surface area (Å²) in [6.45, 7) is 2.33. The highest BCUT2D eigenvalue weighted by atomic mass is 32.2. The smallest absolute Gasteiger partial charge is 0.314 e. The molecule has 1 aliphatic rings. The number of hydrogen-bond donors (Lipinski definition) is 3. The second-order valence-corrected chi connectivity index (χ2v) is 7.41. The van der Waals surface area contributed by atoms with Crippen LogP contribution in [-0.2, 0) is 15.6 Å². The van der Waals surface area contributed by atoms with Gasteiger partial charge in [-0.1, -0.05) is 32.6 Å². The maximum Gasteiger partial charge on any atom is 0.314 e. The number of nitrogens with one attached hydrogen (secondary N) is 2. The van der Waals surface area contributed by atoms with E-state index in [1.165, 1.54) is 0 Å². The topological polar surface area (TPSA) is 95.5 Å². The highest BCUT2D eigenvalue weighted by Crippen LogP contribution is 2.34. The third-order valence-corrected chi connectivity index (χ3v) is 5.34. The fraction of sp³-hybridized carbons (Fsp3) is 0.857. The molecule has 0 saturated heterocycles. The van der Waals surface area contributed by atoms with Crippen LogP contribution in [0.5, 0.6) is 0 Å². The Hall–Kier alpha value is -1.11. The molecule has 0 aromatic heterocycles. The summed E-state index contributed by atoms with van der Waals surface area (Å²) in [5.41, 5.74) is -0.833. The standard InChI is InChI=1S/C14H26N2O4S/c1-2-21(20)10-9-15-13(19)16-11-14(12(17)18)7-5-3-4-6-8-14/h2-11H2,1H3,(H,17,18)(H2,15,16,19). The van der Waals surface area contributed by atoms with Crippen molar-refractivity contribution in [1.29, 1.82) is 0 Å². The van der Waals surface area contributed by atoms with E-state index < -0.39 is 22.2 Å². The van der Waals surface area contributed by atoms with Gasteiger partial charge in [0.15, 0.2) is 0 Å². The van der Waals surface area contributed by atoms with Gasteiger partial charge in [-0.25, -0.2) is 4.79 Å². The van der Waals surface area contributed by atoms with Crippen LogP contribution in [-0.4, -0.2) is 45.9 Å². The minimum absolute atomic E-state index is 0.158. The first kappa shape index (κ1) is 17.9. The zero-order valence-corrected chi connectivity index (χ0v) is 13.5. The molecule has 1 unspecified atom stereocenters. The van der Waals surface area contributed by atoms with Crippen molar-refractivity contribution in [2.24, 2.45) is 5.41 Å². The van der Waals surface area contributed by atoms with Crippen LogP contribution in [0.3, 0.4) is 0 Å². The monoisotopic (exact) mass is 318 g/mol. The Labute approximate surface area is 128 Å². The van der Waals surface area contributed by atoms with Crippen LogP contribution in [0.2, 0.25) is 0 Å². The van der Waals surface area contributed by atoms with Gasteiger partial charge in [-0.3, -0.25) is 9.00 Å². The lowest BCUT2D eigenvalue weighted by atomic mass is 9.80. The normalized spacial score (nSPS) is 19.3. The van der Waals surface area contributed by atoms with Gasteiger partial charge in [0, 0.05) is 35.4 Å². The van der Waals surface area contributed by atoms with E-state index >= 15 is 0 Å². The molecule has 1 atom stereocenters. The van der Waals surface area contributed by atoms with Gasteiger partial charge in [-0.2, -0.15) is 0 Å². The molecule has 0 heterocycles. The van der Waals surface area contributed by atoms with Gasteiger partial charge in [0.05, 0.1) is 5.41 Å². The number of amides is 2. The van der Waals surface area contributed by atoms with E-state index in [1.54, 1.807) is 0 Å². The molecular weight excluding hydrogens is 292 g/mol. The minimum atomic E-state index is -0.906. The van der Waals surface area contributed by atoms with Crippen molar-refractivity contribution in [3.63, 3.8) is 0 Å². The highest BCUT2D eigenvalue weighted by Gasteiger charge is 2.38. The number of aliphatic carboxylic acids is 1. The summed E-state index contributed by atoms with van der Waals surface area (Å²) < 4.78 is 11.2. The lowest BCUT2D eigenvalue weighted by Crippen LogP contribution is -2.46. The summed E-state index contributed by atoms with van der Waals surface area (Å²) in [6, 6.07) is -0.382. The molecule has 122 valence electrons. The van der Waals surface area contributed by atoms with Crippen molar-refractivity contribution in [3.8, 4) is 0 Å². The SMILES string of the molecule is CCS(=O)CCNC(=O)NCC1(C(=O)O)CCCCCC1. The van der Waals surface area contributed by atoms with E-state index in [1.807, 2.05) is 6.92 Å². The largest absolute Gasteiger partial charge is 0.481 e. The molecular formula is C14H26N2O4S. The Morgan fingerprint density at radius 2 is 1.76 bits per heavy atom. The van der Waals surface area contributed by atoms with Crippen molar-refractivity contribution in [2.75, 3.05) is 24.6 Å². The third kappa shape index (κ3) is 6.03. The Kier molecular flexibility index (Phi) is 7.71. The molecule has 2 amide bonds. The Morgan fingerprint density at radius 1 is 1.14 bits per heavy atom. The first-order valence-corrected chi connectivity index (χ1v) is 9.09. The second-order valence-electron chi connectivity index (χ2n) is 5.54. The zero-order chi connectivity index (χ0) is 15.7. The lowest BCUT2D eigenvalue weighted by molar-refractivity contribution is -0.149. The summed E-state index contributed by atoms with van der Waals surface area (Å²) in [7, 11) is -0.906. The average molecular weight is 318 g/mol. The van der Waals surface area contributed by atoms with Gasteiger partial charge < -0.3 is 15.7 Å². The first-order valence-electron chi connectivity index (χ1n) is 7.60. The summed E-state index contributed by atoms with van der Waals surface area (Å²) >= 11 is 0. The molecule has 7 heteroatoms. The average Bonchev–Trinajstić information content (AvgIpc) is 2.71. The maximum atomic E-state index is 11.7. The zero-order valence-electron chi connectivity index (χ0n) is 12.7. The van der Waals surface area contributed by atoms with Gasteiger partial charge >= 0.3 is 12.0 Å². The molecule has 0 bridgehead atoms. The van der Waals surface area contributed by atoms with Crippen molar-refractivity contribution in [3.05, 3.63) is 0 Å². The van der Waals surface area contributed by atoms with Crippen LogP contribution in [0.4, 0.5) is 4.79 Å². The molecule has 1 rings (SSSR count). The van der Waals surface area contributed by atoms with Gasteiger partial charge in [0.25, 0.3) is 0 Å². The maximum absolute atomic E-state index is 11.7. The molecule has 0 aliphatic heterocycles. The number of rotatable bonds is 7. The van der Waals surface area contributed by atoms with Crippen LogP contribution in [0.25, 0.3) is 0 Å². The number of carbonyl (C=O) groups excluding carboxylic acids is 1. The van der Waals surface area contributed by atoms with Crippen LogP contribution < -0.4 is 10.6 Å². The lowest BCUT2D eigenvalue weighted by Gasteiger charge is -2.28. The van der Waals surface area contributed by atoms with Crippen LogP contribution >= 0.6 is 0 Å². The number of hydrogen-bond acceptors (Lipinski definition) is 3. The molecule has 1 fully saturated rings. The van der Waals surface area contributed by atoms with Gasteiger partial charge in [-0.05, 0) is 12.8 Å². The van der Waals surface area contributed by atoms with E-state index in [2.05, 4.69) is 10.6 Å². The predicted molar refractivity (Wildman–Crippen MR) is 82.7 cm³/mol.